The molecule has 0 aliphatic carbocycles. The van der Waals surface area contributed by atoms with Crippen LogP contribution in [0.1, 0.15) is 27.8 Å². The van der Waals surface area contributed by atoms with Crippen molar-refractivity contribution in [3.63, 3.8) is 0 Å². The van der Waals surface area contributed by atoms with Crippen molar-refractivity contribution >= 4 is 33.9 Å². The molecule has 3 aromatic carbocycles. The largest absolute Gasteiger partial charge is 0.493 e. The van der Waals surface area contributed by atoms with Crippen LogP contribution in [0, 0.1) is 13.8 Å². The number of methoxy groups -OCH3 is 1. The van der Waals surface area contributed by atoms with Crippen molar-refractivity contribution in [3.05, 3.63) is 98.7 Å². The summed E-state index contributed by atoms with van der Waals surface area (Å²) in [5, 5.41) is 0. The van der Waals surface area contributed by atoms with E-state index in [4.69, 9.17) is 14.2 Å². The fraction of sp³-hybridized carbons (Fsp3) is 0.154. The Kier molecular flexibility index (Phi) is 6.42. The van der Waals surface area contributed by atoms with E-state index in [0.29, 0.717) is 28.5 Å². The lowest BCUT2D eigenvalue weighted by Crippen LogP contribution is -2.06. The van der Waals surface area contributed by atoms with Crippen molar-refractivity contribution < 1.29 is 19.0 Å². The van der Waals surface area contributed by atoms with E-state index in [9.17, 15) is 4.79 Å². The summed E-state index contributed by atoms with van der Waals surface area (Å²) in [6.45, 7) is 4.40. The van der Waals surface area contributed by atoms with Crippen LogP contribution >= 0.6 is 15.9 Å². The predicted molar refractivity (Wildman–Crippen MR) is 128 cm³/mol. The minimum atomic E-state index is -0.488. The minimum absolute atomic E-state index is 0.227. The maximum absolute atomic E-state index is 12.4. The van der Waals surface area contributed by atoms with E-state index in [1.54, 1.807) is 19.3 Å². The third-order valence-electron chi connectivity index (χ3n) is 5.02. The monoisotopic (exact) mass is 491 g/mol. The molecule has 32 heavy (non-hydrogen) atoms. The Morgan fingerprint density at radius 1 is 1.06 bits per heavy atom. The number of carbonyl (C=O) groups excluding carboxylic acids is 1. The molecular formula is C26H22BrNO4. The molecule has 1 aliphatic heterocycles. The van der Waals surface area contributed by atoms with E-state index in [1.807, 2.05) is 62.4 Å². The van der Waals surface area contributed by atoms with Gasteiger partial charge in [0.15, 0.2) is 17.2 Å². The van der Waals surface area contributed by atoms with Gasteiger partial charge in [-0.25, -0.2) is 9.79 Å². The number of aliphatic imine (C=N–C) groups is 1. The summed E-state index contributed by atoms with van der Waals surface area (Å²) < 4.78 is 17.7. The quantitative estimate of drug-likeness (QED) is 0.313. The van der Waals surface area contributed by atoms with Crippen LogP contribution in [0.4, 0.5) is 0 Å². The fourth-order valence-corrected chi connectivity index (χ4v) is 3.99. The number of nitrogens with zero attached hydrogens (tertiary/aromatic N) is 1. The average molecular weight is 492 g/mol. The second-order valence-corrected chi connectivity index (χ2v) is 8.32. The number of benzene rings is 3. The number of hydrogen-bond acceptors (Lipinski definition) is 5. The molecule has 1 aliphatic rings. The van der Waals surface area contributed by atoms with Crippen LogP contribution in [0.25, 0.3) is 6.08 Å². The maximum atomic E-state index is 12.4. The van der Waals surface area contributed by atoms with E-state index in [2.05, 4.69) is 27.0 Å². The van der Waals surface area contributed by atoms with E-state index in [0.717, 1.165) is 22.3 Å². The van der Waals surface area contributed by atoms with E-state index >= 15 is 0 Å². The first-order chi connectivity index (χ1) is 15.4. The first kappa shape index (κ1) is 21.8. The molecule has 4 rings (SSSR count). The van der Waals surface area contributed by atoms with E-state index in [1.165, 1.54) is 5.56 Å². The van der Waals surface area contributed by atoms with Gasteiger partial charge in [0.2, 0.25) is 5.90 Å². The zero-order valence-electron chi connectivity index (χ0n) is 18.0. The third-order valence-corrected chi connectivity index (χ3v) is 5.61. The van der Waals surface area contributed by atoms with Crippen molar-refractivity contribution in [3.8, 4) is 11.5 Å². The Morgan fingerprint density at radius 2 is 1.88 bits per heavy atom. The highest BCUT2D eigenvalue weighted by molar-refractivity contribution is 9.10. The molecule has 0 radical (unpaired) electrons. The van der Waals surface area contributed by atoms with Gasteiger partial charge in [0.05, 0.1) is 11.6 Å². The molecular weight excluding hydrogens is 470 g/mol. The summed E-state index contributed by atoms with van der Waals surface area (Å²) in [6.07, 6.45) is 1.67. The SMILES string of the molecule is COc1cc(/C=C2\N=C(c3ccccc3C)OC2=O)cc(Br)c1OCc1cccc(C)c1. The summed E-state index contributed by atoms with van der Waals surface area (Å²) >= 11 is 3.56. The molecule has 162 valence electrons. The van der Waals surface area contributed by atoms with Gasteiger partial charge in [0.1, 0.15) is 6.61 Å². The molecule has 3 aromatic rings. The molecule has 0 spiro atoms. The first-order valence-electron chi connectivity index (χ1n) is 10.1. The van der Waals surface area contributed by atoms with Crippen molar-refractivity contribution in [1.29, 1.82) is 0 Å². The standard InChI is InChI=1S/C26H22BrNO4/c1-16-7-6-9-18(11-16)15-31-24-21(27)12-19(14-23(24)30-3)13-22-26(29)32-25(28-22)20-10-5-4-8-17(20)2/h4-14H,15H2,1-3H3/b22-13-. The highest BCUT2D eigenvalue weighted by Gasteiger charge is 2.25. The number of halogens is 1. The molecule has 0 N–H and O–H groups in total. The Hall–Kier alpha value is -3.38. The van der Waals surface area contributed by atoms with Gasteiger partial charge in [-0.2, -0.15) is 0 Å². The van der Waals surface area contributed by atoms with Crippen molar-refractivity contribution in [2.75, 3.05) is 7.11 Å². The number of rotatable bonds is 6. The highest BCUT2D eigenvalue weighted by Crippen LogP contribution is 2.38. The van der Waals surface area contributed by atoms with Crippen molar-refractivity contribution in [2.24, 2.45) is 4.99 Å². The number of carbonyl (C=O) groups is 1. The van der Waals surface area contributed by atoms with Crippen LogP contribution in [0.2, 0.25) is 0 Å². The Morgan fingerprint density at radius 3 is 2.62 bits per heavy atom. The lowest BCUT2D eigenvalue weighted by Gasteiger charge is -2.14. The number of cyclic esters (lactones) is 1. The van der Waals surface area contributed by atoms with Gasteiger partial charge in [-0.3, -0.25) is 0 Å². The van der Waals surface area contributed by atoms with Crippen molar-refractivity contribution in [2.45, 2.75) is 20.5 Å². The Balaban J connectivity index is 1.60. The molecule has 5 nitrogen and oxygen atoms in total. The smallest absolute Gasteiger partial charge is 0.363 e. The summed E-state index contributed by atoms with van der Waals surface area (Å²) in [6, 6.07) is 19.4. The molecule has 0 fully saturated rings. The van der Waals surface area contributed by atoms with Gasteiger partial charge < -0.3 is 14.2 Å². The normalized spacial score (nSPS) is 14.3. The topological polar surface area (TPSA) is 57.1 Å². The summed E-state index contributed by atoms with van der Waals surface area (Å²) in [7, 11) is 1.58. The van der Waals surface area contributed by atoms with Crippen LogP contribution in [0.3, 0.4) is 0 Å². The third kappa shape index (κ3) is 4.75. The summed E-state index contributed by atoms with van der Waals surface area (Å²) in [5.41, 5.74) is 4.98. The lowest BCUT2D eigenvalue weighted by molar-refractivity contribution is -0.129. The number of esters is 1. The summed E-state index contributed by atoms with van der Waals surface area (Å²) in [4.78, 5) is 16.8. The number of aryl methyl sites for hydroxylation is 2. The Bertz CT molecular complexity index is 1250. The van der Waals surface area contributed by atoms with Crippen LogP contribution in [0.15, 0.2) is 75.8 Å². The molecule has 0 aromatic heterocycles. The second kappa shape index (κ2) is 9.40. The number of hydrogen-bond donors (Lipinski definition) is 0. The molecule has 0 saturated heterocycles. The minimum Gasteiger partial charge on any atom is -0.493 e. The molecule has 0 unspecified atom stereocenters. The van der Waals surface area contributed by atoms with Gasteiger partial charge in [0, 0.05) is 5.56 Å². The highest BCUT2D eigenvalue weighted by atomic mass is 79.9. The van der Waals surface area contributed by atoms with Gasteiger partial charge in [-0.05, 0) is 70.7 Å². The molecule has 0 amide bonds. The second-order valence-electron chi connectivity index (χ2n) is 7.46. The zero-order valence-corrected chi connectivity index (χ0v) is 19.6. The maximum Gasteiger partial charge on any atom is 0.363 e. The molecule has 6 heteroatoms. The van der Waals surface area contributed by atoms with Gasteiger partial charge in [-0.1, -0.05) is 48.0 Å². The van der Waals surface area contributed by atoms with Crippen LogP contribution < -0.4 is 9.47 Å². The number of ether oxygens (including phenoxy) is 3. The van der Waals surface area contributed by atoms with E-state index < -0.39 is 5.97 Å². The van der Waals surface area contributed by atoms with Gasteiger partial charge in [0.25, 0.3) is 0 Å². The Labute approximate surface area is 195 Å². The van der Waals surface area contributed by atoms with Crippen molar-refractivity contribution in [1.82, 2.24) is 0 Å². The molecule has 1 heterocycles. The van der Waals surface area contributed by atoms with Gasteiger partial charge >= 0.3 is 5.97 Å². The molecule has 0 bridgehead atoms. The van der Waals surface area contributed by atoms with E-state index in [-0.39, 0.29) is 5.70 Å². The summed E-state index contributed by atoms with van der Waals surface area (Å²) in [5.74, 6) is 0.962. The fourth-order valence-electron chi connectivity index (χ4n) is 3.42. The first-order valence-corrected chi connectivity index (χ1v) is 10.9. The molecule has 0 atom stereocenters. The van der Waals surface area contributed by atoms with Crippen LogP contribution in [-0.4, -0.2) is 19.0 Å². The predicted octanol–water partition coefficient (Wildman–Crippen LogP) is 6.00. The lowest BCUT2D eigenvalue weighted by atomic mass is 10.1. The van der Waals surface area contributed by atoms with Gasteiger partial charge in [-0.15, -0.1) is 0 Å². The van der Waals surface area contributed by atoms with Crippen LogP contribution in [0.5, 0.6) is 11.5 Å². The molecule has 0 saturated carbocycles. The van der Waals surface area contributed by atoms with Crippen LogP contribution in [-0.2, 0) is 16.1 Å². The average Bonchev–Trinajstić information content (AvgIpc) is 3.13. The zero-order chi connectivity index (χ0) is 22.7.